The van der Waals surface area contributed by atoms with Gasteiger partial charge in [-0.3, -0.25) is 4.79 Å². The third-order valence-electron chi connectivity index (χ3n) is 2.33. The quantitative estimate of drug-likeness (QED) is 0.696. The average Bonchev–Trinajstić information content (AvgIpc) is 2.61. The van der Waals surface area contributed by atoms with E-state index in [1.54, 1.807) is 6.07 Å². The van der Waals surface area contributed by atoms with Crippen LogP contribution in [0.3, 0.4) is 0 Å². The Morgan fingerprint density at radius 1 is 1.47 bits per heavy atom. The monoisotopic (exact) mass is 203 g/mol. The average molecular weight is 203 g/mol. The zero-order chi connectivity index (χ0) is 10.8. The van der Waals surface area contributed by atoms with Gasteiger partial charge in [-0.2, -0.15) is 0 Å². The van der Waals surface area contributed by atoms with E-state index in [1.165, 1.54) is 5.56 Å². The normalized spacial score (nSPS) is 10.7. The molecule has 0 atom stereocenters. The molecule has 0 spiro atoms. The van der Waals surface area contributed by atoms with Crippen molar-refractivity contribution in [3.8, 4) is 0 Å². The molecular formula is C11H13N3O. The number of aromatic amines is 1. The van der Waals surface area contributed by atoms with Crippen LogP contribution in [0.5, 0.6) is 0 Å². The number of H-pyrrole nitrogens is 1. The minimum atomic E-state index is -0.429. The highest BCUT2D eigenvalue weighted by molar-refractivity contribution is 5.97. The van der Waals surface area contributed by atoms with E-state index in [1.807, 2.05) is 25.2 Å². The second kappa shape index (κ2) is 3.74. The number of benzene rings is 1. The number of carbonyl (C=O) groups excluding carboxylic acids is 1. The molecule has 0 saturated heterocycles. The van der Waals surface area contributed by atoms with Crippen LogP contribution in [0, 0.1) is 0 Å². The van der Waals surface area contributed by atoms with Crippen LogP contribution in [-0.2, 0) is 6.54 Å². The summed E-state index contributed by atoms with van der Waals surface area (Å²) < 4.78 is 0. The molecule has 4 heteroatoms. The largest absolute Gasteiger partial charge is 0.364 e. The summed E-state index contributed by atoms with van der Waals surface area (Å²) in [6, 6.07) is 7.78. The molecule has 1 heterocycles. The van der Waals surface area contributed by atoms with Crippen LogP contribution in [0.1, 0.15) is 16.1 Å². The van der Waals surface area contributed by atoms with Gasteiger partial charge in [-0.15, -0.1) is 0 Å². The van der Waals surface area contributed by atoms with E-state index in [0.717, 1.165) is 17.4 Å². The van der Waals surface area contributed by atoms with Gasteiger partial charge in [-0.25, -0.2) is 0 Å². The lowest BCUT2D eigenvalue weighted by Crippen LogP contribution is -2.10. The standard InChI is InChI=1S/C11H13N3O/c1-13-6-7-2-3-8-5-10(11(12)15)14-9(8)4-7/h2-5,13-14H,6H2,1H3,(H2,12,15). The Morgan fingerprint density at radius 3 is 2.93 bits per heavy atom. The van der Waals surface area contributed by atoms with E-state index in [9.17, 15) is 4.79 Å². The summed E-state index contributed by atoms with van der Waals surface area (Å²) in [5, 5.41) is 4.08. The highest BCUT2D eigenvalue weighted by atomic mass is 16.1. The SMILES string of the molecule is CNCc1ccc2cc(C(N)=O)[nH]c2c1. The molecule has 4 N–H and O–H groups in total. The predicted molar refractivity (Wildman–Crippen MR) is 59.6 cm³/mol. The molecule has 2 aromatic rings. The van der Waals surface area contributed by atoms with Gasteiger partial charge in [0, 0.05) is 17.4 Å². The molecule has 0 bridgehead atoms. The second-order valence-corrected chi connectivity index (χ2v) is 3.50. The Morgan fingerprint density at radius 2 is 2.27 bits per heavy atom. The van der Waals surface area contributed by atoms with Crippen LogP contribution in [0.4, 0.5) is 0 Å². The topological polar surface area (TPSA) is 70.9 Å². The molecule has 0 aliphatic carbocycles. The number of rotatable bonds is 3. The first-order valence-electron chi connectivity index (χ1n) is 4.77. The number of hydrogen-bond acceptors (Lipinski definition) is 2. The first kappa shape index (κ1) is 9.73. The first-order chi connectivity index (χ1) is 7.20. The van der Waals surface area contributed by atoms with E-state index in [0.29, 0.717) is 5.69 Å². The number of carbonyl (C=O) groups is 1. The van der Waals surface area contributed by atoms with Crippen LogP contribution in [0.25, 0.3) is 10.9 Å². The van der Waals surface area contributed by atoms with Gasteiger partial charge in [0.15, 0.2) is 0 Å². The van der Waals surface area contributed by atoms with Crippen LogP contribution in [0.2, 0.25) is 0 Å². The fraction of sp³-hybridized carbons (Fsp3) is 0.182. The molecule has 0 fully saturated rings. The van der Waals surface area contributed by atoms with Crippen molar-refractivity contribution in [3.63, 3.8) is 0 Å². The predicted octanol–water partition coefficient (Wildman–Crippen LogP) is 0.986. The van der Waals surface area contributed by atoms with Crippen molar-refractivity contribution in [2.45, 2.75) is 6.54 Å². The maximum absolute atomic E-state index is 11.0. The summed E-state index contributed by atoms with van der Waals surface area (Å²) in [6.07, 6.45) is 0. The highest BCUT2D eigenvalue weighted by Crippen LogP contribution is 2.16. The summed E-state index contributed by atoms with van der Waals surface area (Å²) in [4.78, 5) is 14.0. The molecule has 1 aromatic heterocycles. The van der Waals surface area contributed by atoms with Crippen LogP contribution in [0.15, 0.2) is 24.3 Å². The Kier molecular flexibility index (Phi) is 2.43. The summed E-state index contributed by atoms with van der Waals surface area (Å²) >= 11 is 0. The maximum atomic E-state index is 11.0. The lowest BCUT2D eigenvalue weighted by Gasteiger charge is -1.99. The van der Waals surface area contributed by atoms with Gasteiger partial charge in [-0.1, -0.05) is 12.1 Å². The zero-order valence-corrected chi connectivity index (χ0v) is 8.50. The number of fused-ring (bicyclic) bond motifs is 1. The van der Waals surface area contributed by atoms with E-state index < -0.39 is 5.91 Å². The van der Waals surface area contributed by atoms with Gasteiger partial charge in [0.25, 0.3) is 5.91 Å². The van der Waals surface area contributed by atoms with E-state index in [-0.39, 0.29) is 0 Å². The molecule has 1 aromatic carbocycles. The summed E-state index contributed by atoms with van der Waals surface area (Å²) in [5.41, 5.74) is 7.75. The Hall–Kier alpha value is -1.81. The Bertz CT molecular complexity index is 502. The molecule has 4 nitrogen and oxygen atoms in total. The van der Waals surface area contributed by atoms with Gasteiger partial charge in [0.1, 0.15) is 5.69 Å². The fourth-order valence-electron chi connectivity index (χ4n) is 1.62. The van der Waals surface area contributed by atoms with Crippen molar-refractivity contribution in [1.82, 2.24) is 10.3 Å². The summed E-state index contributed by atoms with van der Waals surface area (Å²) in [5.74, 6) is -0.429. The van der Waals surface area contributed by atoms with Crippen molar-refractivity contribution in [2.24, 2.45) is 5.73 Å². The third-order valence-corrected chi connectivity index (χ3v) is 2.33. The number of nitrogens with two attached hydrogens (primary N) is 1. The van der Waals surface area contributed by atoms with Crippen molar-refractivity contribution in [2.75, 3.05) is 7.05 Å². The second-order valence-electron chi connectivity index (χ2n) is 3.50. The molecule has 0 saturated carbocycles. The molecule has 0 radical (unpaired) electrons. The van der Waals surface area contributed by atoms with E-state index in [2.05, 4.69) is 10.3 Å². The molecule has 0 unspecified atom stereocenters. The molecule has 15 heavy (non-hydrogen) atoms. The summed E-state index contributed by atoms with van der Waals surface area (Å²) in [6.45, 7) is 0.806. The smallest absolute Gasteiger partial charge is 0.265 e. The Balaban J connectivity index is 2.47. The van der Waals surface area contributed by atoms with Gasteiger partial charge < -0.3 is 16.0 Å². The molecule has 0 aliphatic rings. The van der Waals surface area contributed by atoms with Gasteiger partial charge in [0.2, 0.25) is 0 Å². The number of primary amides is 1. The van der Waals surface area contributed by atoms with Gasteiger partial charge in [0.05, 0.1) is 0 Å². The van der Waals surface area contributed by atoms with Crippen LogP contribution in [-0.4, -0.2) is 17.9 Å². The lowest BCUT2D eigenvalue weighted by atomic mass is 10.1. The number of nitrogens with one attached hydrogen (secondary N) is 2. The molecule has 78 valence electrons. The number of hydrogen-bond donors (Lipinski definition) is 3. The zero-order valence-electron chi connectivity index (χ0n) is 8.50. The number of amides is 1. The van der Waals surface area contributed by atoms with Crippen molar-refractivity contribution in [3.05, 3.63) is 35.5 Å². The minimum absolute atomic E-state index is 0.429. The molecule has 0 aliphatic heterocycles. The van der Waals surface area contributed by atoms with Crippen molar-refractivity contribution < 1.29 is 4.79 Å². The summed E-state index contributed by atoms with van der Waals surface area (Å²) in [7, 11) is 1.90. The lowest BCUT2D eigenvalue weighted by molar-refractivity contribution is 0.0996. The van der Waals surface area contributed by atoms with Crippen molar-refractivity contribution in [1.29, 1.82) is 0 Å². The number of aromatic nitrogens is 1. The minimum Gasteiger partial charge on any atom is -0.364 e. The van der Waals surface area contributed by atoms with Crippen LogP contribution >= 0.6 is 0 Å². The maximum Gasteiger partial charge on any atom is 0.265 e. The van der Waals surface area contributed by atoms with E-state index >= 15 is 0 Å². The first-order valence-corrected chi connectivity index (χ1v) is 4.77. The van der Waals surface area contributed by atoms with Gasteiger partial charge >= 0.3 is 0 Å². The third kappa shape index (κ3) is 1.85. The van der Waals surface area contributed by atoms with E-state index in [4.69, 9.17) is 5.73 Å². The molecule has 2 rings (SSSR count). The van der Waals surface area contributed by atoms with Gasteiger partial charge in [-0.05, 0) is 24.7 Å². The van der Waals surface area contributed by atoms with Crippen molar-refractivity contribution >= 4 is 16.8 Å². The molecular weight excluding hydrogens is 190 g/mol. The molecule has 1 amide bonds. The fourth-order valence-corrected chi connectivity index (χ4v) is 1.62. The highest BCUT2D eigenvalue weighted by Gasteiger charge is 2.05. The Labute approximate surface area is 87.5 Å². The van der Waals surface area contributed by atoms with Crippen LogP contribution < -0.4 is 11.1 Å².